The van der Waals surface area contributed by atoms with Crippen LogP contribution in [0.25, 0.3) is 0 Å². The molecule has 1 rings (SSSR count). The van der Waals surface area contributed by atoms with Gasteiger partial charge in [0.1, 0.15) is 6.54 Å². The van der Waals surface area contributed by atoms with Crippen molar-refractivity contribution in [2.75, 3.05) is 20.6 Å². The molecule has 0 saturated heterocycles. The zero-order valence-corrected chi connectivity index (χ0v) is 11.3. The van der Waals surface area contributed by atoms with Gasteiger partial charge in [-0.1, -0.05) is 19.0 Å². The minimum atomic E-state index is 0.388. The summed E-state index contributed by atoms with van der Waals surface area (Å²) in [5.74, 6) is 2.04. The van der Waals surface area contributed by atoms with Crippen LogP contribution in [-0.2, 0) is 6.54 Å². The quantitative estimate of drug-likeness (QED) is 0.642. The maximum atomic E-state index is 5.23. The lowest BCUT2D eigenvalue weighted by molar-refractivity contribution is 0.376. The van der Waals surface area contributed by atoms with Gasteiger partial charge in [-0.15, -0.1) is 0 Å². The predicted molar refractivity (Wildman–Crippen MR) is 69.1 cm³/mol. The molecule has 0 unspecified atom stereocenters. The van der Waals surface area contributed by atoms with Gasteiger partial charge in [0.05, 0.1) is 5.69 Å². The van der Waals surface area contributed by atoms with Gasteiger partial charge in [0.15, 0.2) is 11.7 Å². The molecule has 1 N–H and O–H groups in total. The number of hydrogen-bond acceptors (Lipinski definition) is 3. The number of nitrogens with one attached hydrogen (secondary N) is 1. The first-order chi connectivity index (χ1) is 8.04. The van der Waals surface area contributed by atoms with Gasteiger partial charge in [-0.05, 0) is 12.8 Å². The molecular weight excluding hydrogens is 216 g/mol. The lowest BCUT2D eigenvalue weighted by atomic mass is 10.1. The zero-order chi connectivity index (χ0) is 12.8. The molecule has 0 amide bonds. The van der Waals surface area contributed by atoms with E-state index in [2.05, 4.69) is 29.3 Å². The highest BCUT2D eigenvalue weighted by molar-refractivity contribution is 5.79. The summed E-state index contributed by atoms with van der Waals surface area (Å²) >= 11 is 0. The third-order valence-electron chi connectivity index (χ3n) is 2.31. The molecule has 1 aromatic heterocycles. The summed E-state index contributed by atoms with van der Waals surface area (Å²) in [6.07, 6.45) is 0. The highest BCUT2D eigenvalue weighted by Gasteiger charge is 2.07. The molecule has 96 valence electrons. The molecule has 0 bridgehead atoms. The average Bonchev–Trinajstić information content (AvgIpc) is 2.72. The number of aromatic nitrogens is 1. The standard InChI is InChI=1S/C12H22N4O/c1-6-13-12(16(4)5)14-8-10-7-11(9(2)3)15-17-10/h7,9H,6,8H2,1-5H3,(H,13,14). The number of rotatable bonds is 4. The summed E-state index contributed by atoms with van der Waals surface area (Å²) in [4.78, 5) is 6.40. The summed E-state index contributed by atoms with van der Waals surface area (Å²) in [6.45, 7) is 7.60. The van der Waals surface area contributed by atoms with Crippen LogP contribution in [0.5, 0.6) is 0 Å². The third-order valence-corrected chi connectivity index (χ3v) is 2.31. The molecule has 0 aliphatic rings. The molecule has 0 saturated carbocycles. The van der Waals surface area contributed by atoms with Crippen LogP contribution in [0.15, 0.2) is 15.6 Å². The first-order valence-electron chi connectivity index (χ1n) is 5.95. The van der Waals surface area contributed by atoms with Crippen molar-refractivity contribution >= 4 is 5.96 Å². The van der Waals surface area contributed by atoms with Crippen LogP contribution in [0.4, 0.5) is 0 Å². The summed E-state index contributed by atoms with van der Waals surface area (Å²) < 4.78 is 5.23. The molecule has 0 spiro atoms. The maximum Gasteiger partial charge on any atom is 0.193 e. The minimum Gasteiger partial charge on any atom is -0.359 e. The van der Waals surface area contributed by atoms with Crippen molar-refractivity contribution in [1.82, 2.24) is 15.4 Å². The number of aliphatic imine (C=N–C) groups is 1. The van der Waals surface area contributed by atoms with Gasteiger partial charge in [-0.25, -0.2) is 4.99 Å². The van der Waals surface area contributed by atoms with Crippen molar-refractivity contribution in [2.45, 2.75) is 33.2 Å². The molecule has 0 radical (unpaired) electrons. The Hall–Kier alpha value is -1.52. The fourth-order valence-electron chi connectivity index (χ4n) is 1.34. The summed E-state index contributed by atoms with van der Waals surface area (Å²) in [6, 6.07) is 1.97. The lowest BCUT2D eigenvalue weighted by Crippen LogP contribution is -2.36. The highest BCUT2D eigenvalue weighted by atomic mass is 16.5. The molecule has 0 aliphatic heterocycles. The van der Waals surface area contributed by atoms with E-state index in [0.717, 1.165) is 24.0 Å². The van der Waals surface area contributed by atoms with E-state index < -0.39 is 0 Å². The van der Waals surface area contributed by atoms with Crippen LogP contribution < -0.4 is 5.32 Å². The molecule has 17 heavy (non-hydrogen) atoms. The second-order valence-corrected chi connectivity index (χ2v) is 4.44. The summed E-state index contributed by atoms with van der Waals surface area (Å²) in [5.41, 5.74) is 0.977. The van der Waals surface area contributed by atoms with Crippen molar-refractivity contribution < 1.29 is 4.52 Å². The van der Waals surface area contributed by atoms with Crippen LogP contribution in [-0.4, -0.2) is 36.7 Å². The van der Waals surface area contributed by atoms with Crippen molar-refractivity contribution in [3.63, 3.8) is 0 Å². The van der Waals surface area contributed by atoms with Crippen molar-refractivity contribution in [3.8, 4) is 0 Å². The largest absolute Gasteiger partial charge is 0.359 e. The Kier molecular flexibility index (Phi) is 5.00. The molecular formula is C12H22N4O. The van der Waals surface area contributed by atoms with Gasteiger partial charge in [-0.3, -0.25) is 0 Å². The van der Waals surface area contributed by atoms with E-state index in [0.29, 0.717) is 12.5 Å². The second kappa shape index (κ2) is 6.27. The average molecular weight is 238 g/mol. The molecule has 5 nitrogen and oxygen atoms in total. The smallest absolute Gasteiger partial charge is 0.193 e. The van der Waals surface area contributed by atoms with Gasteiger partial charge in [0, 0.05) is 26.7 Å². The molecule has 1 heterocycles. The maximum absolute atomic E-state index is 5.23. The van der Waals surface area contributed by atoms with Crippen LogP contribution in [0.3, 0.4) is 0 Å². The van der Waals surface area contributed by atoms with E-state index in [4.69, 9.17) is 4.52 Å². The Bertz CT molecular complexity index is 368. The Morgan fingerprint density at radius 1 is 1.53 bits per heavy atom. The number of guanidine groups is 1. The summed E-state index contributed by atoms with van der Waals surface area (Å²) in [5, 5.41) is 7.20. The van der Waals surface area contributed by atoms with Crippen LogP contribution in [0.2, 0.25) is 0 Å². The Labute approximate surface area is 103 Å². The molecule has 5 heteroatoms. The normalized spacial score (nSPS) is 12.0. The molecule has 0 aliphatic carbocycles. The van der Waals surface area contributed by atoms with Crippen LogP contribution in [0.1, 0.15) is 38.1 Å². The van der Waals surface area contributed by atoms with E-state index in [9.17, 15) is 0 Å². The molecule has 0 atom stereocenters. The fraction of sp³-hybridized carbons (Fsp3) is 0.667. The lowest BCUT2D eigenvalue weighted by Gasteiger charge is -2.15. The number of hydrogen-bond donors (Lipinski definition) is 1. The Balaban J connectivity index is 2.66. The monoisotopic (exact) mass is 238 g/mol. The highest BCUT2D eigenvalue weighted by Crippen LogP contribution is 2.14. The minimum absolute atomic E-state index is 0.388. The van der Waals surface area contributed by atoms with E-state index in [1.165, 1.54) is 0 Å². The van der Waals surface area contributed by atoms with Gasteiger partial charge < -0.3 is 14.7 Å². The first kappa shape index (κ1) is 13.5. The third kappa shape index (κ3) is 4.09. The Morgan fingerprint density at radius 2 is 2.24 bits per heavy atom. The van der Waals surface area contributed by atoms with Crippen molar-refractivity contribution in [1.29, 1.82) is 0 Å². The topological polar surface area (TPSA) is 53.7 Å². The summed E-state index contributed by atoms with van der Waals surface area (Å²) in [7, 11) is 3.92. The second-order valence-electron chi connectivity index (χ2n) is 4.44. The van der Waals surface area contributed by atoms with E-state index >= 15 is 0 Å². The van der Waals surface area contributed by atoms with Gasteiger partial charge >= 0.3 is 0 Å². The van der Waals surface area contributed by atoms with E-state index in [-0.39, 0.29) is 0 Å². The van der Waals surface area contributed by atoms with Gasteiger partial charge in [0.2, 0.25) is 0 Å². The molecule has 0 fully saturated rings. The van der Waals surface area contributed by atoms with Crippen molar-refractivity contribution in [2.24, 2.45) is 4.99 Å². The SMILES string of the molecule is CCNC(=NCc1cc(C(C)C)no1)N(C)C. The first-order valence-corrected chi connectivity index (χ1v) is 5.95. The van der Waals surface area contributed by atoms with Crippen LogP contribution >= 0.6 is 0 Å². The van der Waals surface area contributed by atoms with Crippen molar-refractivity contribution in [3.05, 3.63) is 17.5 Å². The van der Waals surface area contributed by atoms with Gasteiger partial charge in [0.25, 0.3) is 0 Å². The van der Waals surface area contributed by atoms with E-state index in [1.54, 1.807) is 0 Å². The van der Waals surface area contributed by atoms with Gasteiger partial charge in [-0.2, -0.15) is 0 Å². The van der Waals surface area contributed by atoms with Crippen LogP contribution in [0, 0.1) is 0 Å². The molecule has 1 aromatic rings. The fourth-order valence-corrected chi connectivity index (χ4v) is 1.34. The Morgan fingerprint density at radius 3 is 2.71 bits per heavy atom. The number of nitrogens with zero attached hydrogens (tertiary/aromatic N) is 3. The van der Waals surface area contributed by atoms with E-state index in [1.807, 2.05) is 32.0 Å². The predicted octanol–water partition coefficient (Wildman–Crippen LogP) is 1.83. The molecule has 0 aromatic carbocycles. The zero-order valence-electron chi connectivity index (χ0n) is 11.3.